The molecule has 0 radical (unpaired) electrons. The Labute approximate surface area is 194 Å². The molecule has 3 aromatic rings. The lowest BCUT2D eigenvalue weighted by molar-refractivity contribution is -0.113. The molecule has 0 bridgehead atoms. The number of amides is 1. The second-order valence-corrected chi connectivity index (χ2v) is 8.72. The number of amidine groups is 1. The molecule has 0 saturated carbocycles. The SMILES string of the molecule is CCCOc1ccc(/C=C2/SC(=Nc3ccccc3)N(c3ccccc3)C2=O)cc1Br. The standard InChI is InChI=1S/C25H21BrN2O2S/c1-2-15-30-22-14-13-18(16-21(22)26)17-23-24(29)28(20-11-7-4-8-12-20)25(31-23)27-19-9-5-3-6-10-19/h3-14,16-17H,2,15H2,1H3/b23-17+,27-25?. The summed E-state index contributed by atoms with van der Waals surface area (Å²) in [4.78, 5) is 20.3. The van der Waals surface area contributed by atoms with Gasteiger partial charge >= 0.3 is 0 Å². The topological polar surface area (TPSA) is 41.9 Å². The van der Waals surface area contributed by atoms with Crippen LogP contribution in [0.3, 0.4) is 0 Å². The maximum Gasteiger partial charge on any atom is 0.271 e. The molecule has 0 aromatic heterocycles. The van der Waals surface area contributed by atoms with Gasteiger partial charge in [0.05, 0.1) is 27.4 Å². The van der Waals surface area contributed by atoms with E-state index in [1.807, 2.05) is 84.9 Å². The van der Waals surface area contributed by atoms with Crippen LogP contribution in [0.15, 0.2) is 93.2 Å². The Bertz CT molecular complexity index is 1130. The van der Waals surface area contributed by atoms with Crippen molar-refractivity contribution >= 4 is 56.2 Å². The molecule has 0 spiro atoms. The summed E-state index contributed by atoms with van der Waals surface area (Å²) >= 11 is 4.94. The number of nitrogens with zero attached hydrogens (tertiary/aromatic N) is 2. The second kappa shape index (κ2) is 9.98. The first-order valence-electron chi connectivity index (χ1n) is 10.0. The van der Waals surface area contributed by atoms with Crippen molar-refractivity contribution < 1.29 is 9.53 Å². The Morgan fingerprint density at radius 3 is 2.42 bits per heavy atom. The van der Waals surface area contributed by atoms with Crippen molar-refractivity contribution in [3.8, 4) is 5.75 Å². The number of hydrogen-bond donors (Lipinski definition) is 0. The van der Waals surface area contributed by atoms with E-state index >= 15 is 0 Å². The molecule has 1 saturated heterocycles. The Morgan fingerprint density at radius 1 is 1.03 bits per heavy atom. The van der Waals surface area contributed by atoms with Gasteiger partial charge in [0.25, 0.3) is 5.91 Å². The molecule has 4 nitrogen and oxygen atoms in total. The predicted octanol–water partition coefficient (Wildman–Crippen LogP) is 7.05. The van der Waals surface area contributed by atoms with Crippen molar-refractivity contribution in [1.82, 2.24) is 0 Å². The van der Waals surface area contributed by atoms with E-state index in [-0.39, 0.29) is 5.91 Å². The van der Waals surface area contributed by atoms with Crippen molar-refractivity contribution in [2.24, 2.45) is 4.99 Å². The van der Waals surface area contributed by atoms with Crippen LogP contribution in [-0.4, -0.2) is 17.7 Å². The van der Waals surface area contributed by atoms with E-state index in [9.17, 15) is 4.79 Å². The van der Waals surface area contributed by atoms with Crippen molar-refractivity contribution in [1.29, 1.82) is 0 Å². The molecule has 1 aliphatic rings. The van der Waals surface area contributed by atoms with E-state index in [0.717, 1.165) is 33.6 Å². The van der Waals surface area contributed by atoms with Gasteiger partial charge in [0.1, 0.15) is 5.75 Å². The van der Waals surface area contributed by atoms with Crippen molar-refractivity contribution in [3.63, 3.8) is 0 Å². The molecule has 1 fully saturated rings. The van der Waals surface area contributed by atoms with Gasteiger partial charge in [-0.1, -0.05) is 49.4 Å². The second-order valence-electron chi connectivity index (χ2n) is 6.86. The van der Waals surface area contributed by atoms with Crippen LogP contribution in [-0.2, 0) is 4.79 Å². The number of carbonyl (C=O) groups is 1. The zero-order valence-electron chi connectivity index (χ0n) is 17.0. The lowest BCUT2D eigenvalue weighted by Gasteiger charge is -2.15. The van der Waals surface area contributed by atoms with E-state index < -0.39 is 0 Å². The lowest BCUT2D eigenvalue weighted by Crippen LogP contribution is -2.28. The molecule has 156 valence electrons. The summed E-state index contributed by atoms with van der Waals surface area (Å²) in [5, 5.41) is 0.635. The highest BCUT2D eigenvalue weighted by atomic mass is 79.9. The molecular formula is C25H21BrN2O2S. The Hall–Kier alpha value is -2.83. The molecule has 0 N–H and O–H groups in total. The number of benzene rings is 3. The van der Waals surface area contributed by atoms with E-state index in [2.05, 4.69) is 22.9 Å². The third-order valence-electron chi connectivity index (χ3n) is 4.52. The van der Waals surface area contributed by atoms with Gasteiger partial charge in [0, 0.05) is 0 Å². The molecule has 6 heteroatoms. The fourth-order valence-electron chi connectivity index (χ4n) is 3.05. The van der Waals surface area contributed by atoms with Gasteiger partial charge in [0.2, 0.25) is 0 Å². The van der Waals surface area contributed by atoms with Crippen LogP contribution in [0.4, 0.5) is 11.4 Å². The molecule has 0 aliphatic carbocycles. The summed E-state index contributed by atoms with van der Waals surface area (Å²) in [6.45, 7) is 2.74. The number of carbonyl (C=O) groups excluding carboxylic acids is 1. The first-order chi connectivity index (χ1) is 15.2. The summed E-state index contributed by atoms with van der Waals surface area (Å²) in [7, 11) is 0. The average Bonchev–Trinajstić information content (AvgIpc) is 3.09. The van der Waals surface area contributed by atoms with Crippen molar-refractivity contribution in [2.75, 3.05) is 11.5 Å². The third-order valence-corrected chi connectivity index (χ3v) is 6.11. The molecule has 0 unspecified atom stereocenters. The molecule has 1 heterocycles. The number of para-hydroxylation sites is 2. The summed E-state index contributed by atoms with van der Waals surface area (Å²) in [5.41, 5.74) is 2.52. The first-order valence-corrected chi connectivity index (χ1v) is 11.6. The normalized spacial score (nSPS) is 16.3. The van der Waals surface area contributed by atoms with Crippen LogP contribution in [0, 0.1) is 0 Å². The molecule has 1 amide bonds. The van der Waals surface area contributed by atoms with Crippen molar-refractivity contribution in [2.45, 2.75) is 13.3 Å². The monoisotopic (exact) mass is 492 g/mol. The van der Waals surface area contributed by atoms with Crippen LogP contribution >= 0.6 is 27.7 Å². The van der Waals surface area contributed by atoms with E-state index in [1.54, 1.807) is 4.90 Å². The van der Waals surface area contributed by atoms with E-state index in [1.165, 1.54) is 11.8 Å². The van der Waals surface area contributed by atoms with Crippen LogP contribution < -0.4 is 9.64 Å². The molecule has 31 heavy (non-hydrogen) atoms. The quantitative estimate of drug-likeness (QED) is 0.346. The Morgan fingerprint density at radius 2 is 1.74 bits per heavy atom. The number of thioether (sulfide) groups is 1. The third kappa shape index (κ3) is 5.09. The van der Waals surface area contributed by atoms with Crippen LogP contribution in [0.25, 0.3) is 6.08 Å². The van der Waals surface area contributed by atoms with Crippen molar-refractivity contribution in [3.05, 3.63) is 93.8 Å². The van der Waals surface area contributed by atoms with Crippen LogP contribution in [0.2, 0.25) is 0 Å². The minimum absolute atomic E-state index is 0.0895. The van der Waals surface area contributed by atoms with E-state index in [4.69, 9.17) is 9.73 Å². The van der Waals surface area contributed by atoms with E-state index in [0.29, 0.717) is 16.7 Å². The van der Waals surface area contributed by atoms with Crippen LogP contribution in [0.1, 0.15) is 18.9 Å². The van der Waals surface area contributed by atoms with Crippen LogP contribution in [0.5, 0.6) is 5.75 Å². The average molecular weight is 493 g/mol. The first kappa shape index (κ1) is 21.4. The predicted molar refractivity (Wildman–Crippen MR) is 133 cm³/mol. The fourth-order valence-corrected chi connectivity index (χ4v) is 4.57. The molecule has 4 rings (SSSR count). The van der Waals surface area contributed by atoms with Gasteiger partial charge in [0.15, 0.2) is 5.17 Å². The number of ether oxygens (including phenoxy) is 1. The Kier molecular flexibility index (Phi) is 6.89. The van der Waals surface area contributed by atoms with Gasteiger partial charge in [-0.25, -0.2) is 4.99 Å². The molecule has 1 aliphatic heterocycles. The number of halogens is 1. The highest BCUT2D eigenvalue weighted by molar-refractivity contribution is 9.10. The molecule has 3 aromatic carbocycles. The maximum atomic E-state index is 13.3. The summed E-state index contributed by atoms with van der Waals surface area (Å²) in [5.74, 6) is 0.708. The van der Waals surface area contributed by atoms with Gasteiger partial charge in [-0.05, 0) is 82.2 Å². The van der Waals surface area contributed by atoms with Gasteiger partial charge in [-0.3, -0.25) is 9.69 Å². The highest BCUT2D eigenvalue weighted by Gasteiger charge is 2.34. The molecular weight excluding hydrogens is 472 g/mol. The smallest absolute Gasteiger partial charge is 0.271 e. The minimum atomic E-state index is -0.0895. The number of rotatable bonds is 6. The summed E-state index contributed by atoms with van der Waals surface area (Å²) in [6, 6.07) is 25.1. The van der Waals surface area contributed by atoms with Gasteiger partial charge in [-0.2, -0.15) is 0 Å². The summed E-state index contributed by atoms with van der Waals surface area (Å²) in [6.07, 6.45) is 2.84. The Balaban J connectivity index is 1.69. The number of aliphatic imine (C=N–C) groups is 1. The fraction of sp³-hybridized carbons (Fsp3) is 0.120. The number of hydrogen-bond acceptors (Lipinski definition) is 4. The summed E-state index contributed by atoms with van der Waals surface area (Å²) < 4.78 is 6.59. The van der Waals surface area contributed by atoms with Gasteiger partial charge < -0.3 is 4.74 Å². The highest BCUT2D eigenvalue weighted by Crippen LogP contribution is 2.38. The minimum Gasteiger partial charge on any atom is -0.492 e. The lowest BCUT2D eigenvalue weighted by atomic mass is 10.2. The zero-order valence-corrected chi connectivity index (χ0v) is 19.4. The zero-order chi connectivity index (χ0) is 21.6. The maximum absolute atomic E-state index is 13.3. The van der Waals surface area contributed by atoms with Gasteiger partial charge in [-0.15, -0.1) is 0 Å². The number of anilines is 1. The molecule has 0 atom stereocenters. The largest absolute Gasteiger partial charge is 0.492 e.